The summed E-state index contributed by atoms with van der Waals surface area (Å²) in [6.07, 6.45) is 11.3. The lowest BCUT2D eigenvalue weighted by atomic mass is 9.86. The van der Waals surface area contributed by atoms with Crippen LogP contribution in [0.4, 0.5) is 0 Å². The Hall–Kier alpha value is -2.67. The van der Waals surface area contributed by atoms with Crippen molar-refractivity contribution in [1.82, 2.24) is 4.90 Å². The number of benzene rings is 1. The number of nitrogens with zero attached hydrogens (tertiary/aromatic N) is 1. The second kappa shape index (κ2) is 13.7. The lowest BCUT2D eigenvalue weighted by Gasteiger charge is -2.31. The highest BCUT2D eigenvalue weighted by molar-refractivity contribution is 6.27. The smallest absolute Gasteiger partial charge is 0.414 e. The molecular formula is C25H35NO6. The zero-order valence-corrected chi connectivity index (χ0v) is 18.9. The van der Waals surface area contributed by atoms with E-state index in [0.717, 1.165) is 43.1 Å². The first-order valence-electron chi connectivity index (χ1n) is 11.5. The van der Waals surface area contributed by atoms with Crippen molar-refractivity contribution in [2.75, 3.05) is 26.2 Å². The van der Waals surface area contributed by atoms with Gasteiger partial charge in [-0.05, 0) is 36.4 Å². The number of hydrogen-bond acceptors (Lipinski definition) is 5. The van der Waals surface area contributed by atoms with Crippen LogP contribution in [0.3, 0.4) is 0 Å². The van der Waals surface area contributed by atoms with Crippen molar-refractivity contribution in [2.45, 2.75) is 51.9 Å². The van der Waals surface area contributed by atoms with E-state index in [9.17, 15) is 4.79 Å². The maximum Gasteiger partial charge on any atom is 0.414 e. The average Bonchev–Trinajstić information content (AvgIpc) is 2.83. The third-order valence-corrected chi connectivity index (χ3v) is 6.13. The van der Waals surface area contributed by atoms with Crippen LogP contribution in [0.1, 0.15) is 57.4 Å². The molecule has 7 nitrogen and oxygen atoms in total. The number of hydrogen-bond donors (Lipinski definition) is 2. The van der Waals surface area contributed by atoms with Crippen LogP contribution in [0.15, 0.2) is 36.4 Å². The summed E-state index contributed by atoms with van der Waals surface area (Å²) in [6, 6.07) is 10.3. The van der Waals surface area contributed by atoms with E-state index in [1.54, 1.807) is 0 Å². The maximum absolute atomic E-state index is 12.8. The summed E-state index contributed by atoms with van der Waals surface area (Å²) in [5.41, 5.74) is 2.28. The Morgan fingerprint density at radius 2 is 1.69 bits per heavy atom. The first-order chi connectivity index (χ1) is 15.4. The van der Waals surface area contributed by atoms with Crippen LogP contribution in [0.2, 0.25) is 0 Å². The molecule has 1 heterocycles. The molecule has 1 atom stereocenters. The van der Waals surface area contributed by atoms with Crippen LogP contribution in [-0.4, -0.2) is 59.3 Å². The molecule has 2 aliphatic rings. The Morgan fingerprint density at radius 3 is 2.28 bits per heavy atom. The second-order valence-corrected chi connectivity index (χ2v) is 8.35. The number of likely N-dealkylation sites (N-methyl/N-ethyl adjacent to an activating group) is 1. The zero-order valence-electron chi connectivity index (χ0n) is 18.9. The van der Waals surface area contributed by atoms with E-state index in [0.29, 0.717) is 6.61 Å². The number of carboxylic acids is 2. The number of aliphatic carboxylic acids is 2. The number of esters is 1. The van der Waals surface area contributed by atoms with Crippen LogP contribution in [-0.2, 0) is 19.1 Å². The number of carboxylic acid groups (broad SMARTS) is 2. The lowest BCUT2D eigenvalue weighted by Crippen LogP contribution is -2.38. The lowest BCUT2D eigenvalue weighted by molar-refractivity contribution is -0.159. The highest BCUT2D eigenvalue weighted by Crippen LogP contribution is 2.30. The summed E-state index contributed by atoms with van der Waals surface area (Å²) >= 11 is 0. The first kappa shape index (κ1) is 25.6. The Balaban J connectivity index is 0.000000534. The van der Waals surface area contributed by atoms with Crippen LogP contribution in [0, 0.1) is 11.8 Å². The van der Waals surface area contributed by atoms with Gasteiger partial charge < -0.3 is 14.9 Å². The molecule has 1 aliphatic carbocycles. The van der Waals surface area contributed by atoms with Gasteiger partial charge in [0, 0.05) is 13.1 Å². The van der Waals surface area contributed by atoms with E-state index in [1.807, 2.05) is 18.2 Å². The summed E-state index contributed by atoms with van der Waals surface area (Å²) < 4.78 is 5.71. The van der Waals surface area contributed by atoms with E-state index in [4.69, 9.17) is 24.5 Å². The predicted octanol–water partition coefficient (Wildman–Crippen LogP) is 4.08. The fourth-order valence-electron chi connectivity index (χ4n) is 4.33. The van der Waals surface area contributed by atoms with E-state index in [-0.39, 0.29) is 11.9 Å². The van der Waals surface area contributed by atoms with Gasteiger partial charge >= 0.3 is 17.9 Å². The Labute approximate surface area is 190 Å². The number of rotatable bonds is 7. The molecule has 1 fully saturated rings. The van der Waals surface area contributed by atoms with Gasteiger partial charge in [0.15, 0.2) is 0 Å². The molecule has 0 spiro atoms. The summed E-state index contributed by atoms with van der Waals surface area (Å²) in [5.74, 6) is -3.01. The summed E-state index contributed by atoms with van der Waals surface area (Å²) in [4.78, 5) is 33.3. The highest BCUT2D eigenvalue weighted by atomic mass is 16.5. The normalized spacial score (nSPS) is 19.3. The van der Waals surface area contributed by atoms with Gasteiger partial charge in [-0.3, -0.25) is 9.69 Å². The standard InChI is InChI=1S/C23H33NO2.C2H2O4/c1-2-24-16-15-21(20-13-7-4-8-14-20)22(18-24)23(25)26-17-9-12-19-10-5-3-6-11-19;3-1(4)2(5)6/h4,7-8,13-15,19,22H,2-3,5-6,9-12,16-18H2,1H3;(H,3,4)(H,5,6). The summed E-state index contributed by atoms with van der Waals surface area (Å²) in [7, 11) is 0. The molecule has 0 radical (unpaired) electrons. The Kier molecular flexibility index (Phi) is 10.9. The van der Waals surface area contributed by atoms with Crippen molar-refractivity contribution in [1.29, 1.82) is 0 Å². The molecule has 3 rings (SSSR count). The quantitative estimate of drug-likeness (QED) is 0.370. The third kappa shape index (κ3) is 8.46. The van der Waals surface area contributed by atoms with E-state index >= 15 is 0 Å². The molecule has 7 heteroatoms. The van der Waals surface area contributed by atoms with Crippen molar-refractivity contribution in [3.63, 3.8) is 0 Å². The molecule has 0 bridgehead atoms. The first-order valence-corrected chi connectivity index (χ1v) is 11.5. The molecule has 0 amide bonds. The van der Waals surface area contributed by atoms with Gasteiger partial charge in [-0.15, -0.1) is 0 Å². The predicted molar refractivity (Wildman–Crippen MR) is 122 cm³/mol. The van der Waals surface area contributed by atoms with Gasteiger partial charge in [0.05, 0.1) is 12.5 Å². The van der Waals surface area contributed by atoms with E-state index < -0.39 is 11.9 Å². The van der Waals surface area contributed by atoms with Gasteiger partial charge in [-0.1, -0.05) is 75.4 Å². The van der Waals surface area contributed by atoms with Crippen LogP contribution in [0.25, 0.3) is 5.57 Å². The third-order valence-electron chi connectivity index (χ3n) is 6.13. The maximum atomic E-state index is 12.8. The van der Waals surface area contributed by atoms with Crippen molar-refractivity contribution in [3.05, 3.63) is 42.0 Å². The minimum atomic E-state index is -1.82. The summed E-state index contributed by atoms with van der Waals surface area (Å²) in [6.45, 7) is 5.35. The molecule has 1 unspecified atom stereocenters. The van der Waals surface area contributed by atoms with E-state index in [1.165, 1.54) is 38.5 Å². The fourth-order valence-corrected chi connectivity index (χ4v) is 4.33. The molecule has 176 valence electrons. The molecular weight excluding hydrogens is 410 g/mol. The molecule has 32 heavy (non-hydrogen) atoms. The molecule has 0 saturated heterocycles. The molecule has 1 aromatic rings. The molecule has 1 aliphatic heterocycles. The second-order valence-electron chi connectivity index (χ2n) is 8.35. The highest BCUT2D eigenvalue weighted by Gasteiger charge is 2.30. The summed E-state index contributed by atoms with van der Waals surface area (Å²) in [5, 5.41) is 14.8. The Morgan fingerprint density at radius 1 is 1.03 bits per heavy atom. The van der Waals surface area contributed by atoms with Gasteiger partial charge in [-0.2, -0.15) is 0 Å². The molecule has 1 aromatic carbocycles. The van der Waals surface area contributed by atoms with Gasteiger partial charge in [-0.25, -0.2) is 9.59 Å². The number of carbonyl (C=O) groups is 3. The largest absolute Gasteiger partial charge is 0.473 e. The van der Waals surface area contributed by atoms with E-state index in [2.05, 4.69) is 30.0 Å². The van der Waals surface area contributed by atoms with Crippen molar-refractivity contribution < 1.29 is 29.3 Å². The monoisotopic (exact) mass is 445 g/mol. The van der Waals surface area contributed by atoms with Crippen molar-refractivity contribution >= 4 is 23.5 Å². The van der Waals surface area contributed by atoms with Crippen molar-refractivity contribution in [2.24, 2.45) is 11.8 Å². The number of ether oxygens (including phenoxy) is 1. The van der Waals surface area contributed by atoms with Gasteiger partial charge in [0.25, 0.3) is 0 Å². The molecule has 2 N–H and O–H groups in total. The molecule has 1 saturated carbocycles. The SMILES string of the molecule is CCN1CC=C(c2ccccc2)C(C(=O)OCCCC2CCCCC2)C1.O=C(O)C(=O)O. The van der Waals surface area contributed by atoms with Gasteiger partial charge in [0.2, 0.25) is 0 Å². The van der Waals surface area contributed by atoms with Crippen LogP contribution in [0.5, 0.6) is 0 Å². The van der Waals surface area contributed by atoms with Crippen LogP contribution < -0.4 is 0 Å². The average molecular weight is 446 g/mol. The fraction of sp³-hybridized carbons (Fsp3) is 0.560. The van der Waals surface area contributed by atoms with Gasteiger partial charge in [0.1, 0.15) is 0 Å². The minimum Gasteiger partial charge on any atom is -0.473 e. The zero-order chi connectivity index (χ0) is 23.3. The molecule has 0 aromatic heterocycles. The topological polar surface area (TPSA) is 104 Å². The minimum absolute atomic E-state index is 0.0538. The number of carbonyl (C=O) groups excluding carboxylic acids is 1. The Bertz CT molecular complexity index is 758. The van der Waals surface area contributed by atoms with Crippen LogP contribution >= 0.6 is 0 Å². The van der Waals surface area contributed by atoms with Crippen molar-refractivity contribution in [3.8, 4) is 0 Å².